The summed E-state index contributed by atoms with van der Waals surface area (Å²) in [5.41, 5.74) is 1.05. The van der Waals surface area contributed by atoms with Crippen LogP contribution in [0.25, 0.3) is 0 Å². The summed E-state index contributed by atoms with van der Waals surface area (Å²) in [4.78, 5) is 12.2. The molecule has 5 nitrogen and oxygen atoms in total. The molecule has 0 aliphatic carbocycles. The van der Waals surface area contributed by atoms with E-state index in [1.165, 1.54) is 0 Å². The zero-order valence-electron chi connectivity index (χ0n) is 16.9. The topological polar surface area (TPSA) is 56.8 Å². The highest BCUT2D eigenvalue weighted by molar-refractivity contribution is 14.1. The highest BCUT2D eigenvalue weighted by atomic mass is 127. The van der Waals surface area contributed by atoms with Crippen molar-refractivity contribution in [1.82, 2.24) is 5.32 Å². The number of hydrogen-bond donors (Lipinski definition) is 1. The molecule has 0 aliphatic heterocycles. The van der Waals surface area contributed by atoms with Gasteiger partial charge in [-0.05, 0) is 140 Å². The molecule has 0 radical (unpaired) electrons. The van der Waals surface area contributed by atoms with Crippen molar-refractivity contribution in [2.75, 3.05) is 25.6 Å². The fourth-order valence-electron chi connectivity index (χ4n) is 2.78. The molecule has 1 N–H and O–H groups in total. The van der Waals surface area contributed by atoms with Crippen LogP contribution in [0.5, 0.6) is 17.2 Å². The van der Waals surface area contributed by atoms with E-state index in [2.05, 4.69) is 108 Å². The minimum absolute atomic E-state index is 0.227. The van der Waals surface area contributed by atoms with Crippen LogP contribution < -0.4 is 14.8 Å². The standard InChI is InChI=1S/C21H22ClI4NO4/c1-3-27-18(21(28)29-4-2)9-12-7-14(23)20(15(24)8-12)31-13-10-16(25)19(17(26)11-13)30-6-5-22/h7-8,10-11,18,27H,3-6,9H2,1-2H3. The van der Waals surface area contributed by atoms with Crippen LogP contribution in [0.3, 0.4) is 0 Å². The molecule has 2 aromatic carbocycles. The van der Waals surface area contributed by atoms with E-state index in [0.717, 1.165) is 37.1 Å². The van der Waals surface area contributed by atoms with Crippen molar-refractivity contribution in [3.8, 4) is 17.2 Å². The number of nitrogens with one attached hydrogen (secondary N) is 1. The quantitative estimate of drug-likeness (QED) is 0.157. The highest BCUT2D eigenvalue weighted by Gasteiger charge is 2.21. The van der Waals surface area contributed by atoms with E-state index in [1.807, 2.05) is 26.0 Å². The number of ether oxygens (including phenoxy) is 3. The molecular weight excluding hydrogens is 873 g/mol. The van der Waals surface area contributed by atoms with Crippen molar-refractivity contribution in [2.24, 2.45) is 0 Å². The van der Waals surface area contributed by atoms with Gasteiger partial charge in [-0.2, -0.15) is 0 Å². The molecule has 0 amide bonds. The molecule has 2 aromatic rings. The second-order valence-electron chi connectivity index (χ2n) is 6.31. The summed E-state index contributed by atoms with van der Waals surface area (Å²) in [6.07, 6.45) is 0.557. The molecule has 0 spiro atoms. The normalized spacial score (nSPS) is 11.8. The first-order valence-electron chi connectivity index (χ1n) is 9.54. The zero-order chi connectivity index (χ0) is 23.0. The van der Waals surface area contributed by atoms with E-state index in [4.69, 9.17) is 25.8 Å². The molecule has 0 aromatic heterocycles. The smallest absolute Gasteiger partial charge is 0.323 e. The number of carbonyl (C=O) groups excluding carboxylic acids is 1. The maximum atomic E-state index is 12.2. The van der Waals surface area contributed by atoms with Crippen LogP contribution >= 0.6 is 102 Å². The summed E-state index contributed by atoms with van der Waals surface area (Å²) in [5, 5.41) is 3.21. The van der Waals surface area contributed by atoms with Crippen molar-refractivity contribution in [1.29, 1.82) is 0 Å². The van der Waals surface area contributed by atoms with E-state index >= 15 is 0 Å². The Morgan fingerprint density at radius 2 is 1.58 bits per heavy atom. The lowest BCUT2D eigenvalue weighted by molar-refractivity contribution is -0.145. The van der Waals surface area contributed by atoms with Gasteiger partial charge in [0, 0.05) is 0 Å². The van der Waals surface area contributed by atoms with Gasteiger partial charge in [0.25, 0.3) is 0 Å². The second kappa shape index (κ2) is 14.2. The van der Waals surface area contributed by atoms with Crippen LogP contribution in [0.15, 0.2) is 24.3 Å². The van der Waals surface area contributed by atoms with Crippen LogP contribution in [-0.4, -0.2) is 37.6 Å². The molecule has 0 saturated carbocycles. The van der Waals surface area contributed by atoms with Gasteiger partial charge in [0.2, 0.25) is 0 Å². The number of benzene rings is 2. The SMILES string of the molecule is CCNC(Cc1cc(I)c(Oc2cc(I)c(OCCCl)c(I)c2)c(I)c1)C(=O)OCC. The van der Waals surface area contributed by atoms with Crippen molar-refractivity contribution in [2.45, 2.75) is 26.3 Å². The van der Waals surface area contributed by atoms with E-state index in [-0.39, 0.29) is 12.0 Å². The first-order chi connectivity index (χ1) is 14.8. The van der Waals surface area contributed by atoms with Crippen LogP contribution in [-0.2, 0) is 16.0 Å². The predicted molar refractivity (Wildman–Crippen MR) is 158 cm³/mol. The van der Waals surface area contributed by atoms with Crippen LogP contribution in [0.1, 0.15) is 19.4 Å². The van der Waals surface area contributed by atoms with E-state index < -0.39 is 0 Å². The second-order valence-corrected chi connectivity index (χ2v) is 11.3. The van der Waals surface area contributed by atoms with E-state index in [9.17, 15) is 4.79 Å². The number of rotatable bonds is 11. The van der Waals surface area contributed by atoms with Crippen LogP contribution in [0.4, 0.5) is 0 Å². The predicted octanol–water partition coefficient (Wildman–Crippen LogP) is 6.60. The summed E-state index contributed by atoms with van der Waals surface area (Å²) >= 11 is 14.8. The molecule has 0 fully saturated rings. The number of alkyl halides is 1. The molecule has 10 heteroatoms. The van der Waals surface area contributed by atoms with Crippen LogP contribution in [0.2, 0.25) is 0 Å². The lowest BCUT2D eigenvalue weighted by Crippen LogP contribution is -2.39. The fourth-order valence-corrected chi connectivity index (χ4v) is 7.00. The zero-order valence-corrected chi connectivity index (χ0v) is 26.3. The van der Waals surface area contributed by atoms with E-state index in [1.54, 1.807) is 0 Å². The Bertz CT molecular complexity index is 867. The molecule has 2 rings (SSSR count). The largest absolute Gasteiger partial charge is 0.490 e. The Balaban J connectivity index is 2.23. The molecular formula is C21H22ClI4NO4. The summed E-state index contributed by atoms with van der Waals surface area (Å²) in [6.45, 7) is 5.32. The van der Waals surface area contributed by atoms with Crippen LogP contribution in [0, 0.1) is 14.3 Å². The molecule has 170 valence electrons. The molecule has 0 saturated heterocycles. The molecule has 31 heavy (non-hydrogen) atoms. The summed E-state index contributed by atoms with van der Waals surface area (Å²) < 4.78 is 21.1. The van der Waals surface area contributed by atoms with Gasteiger partial charge in [-0.3, -0.25) is 4.79 Å². The Morgan fingerprint density at radius 3 is 2.10 bits per heavy atom. The Kier molecular flexibility index (Phi) is 12.8. The third-order valence-corrected chi connectivity index (χ3v) is 7.39. The van der Waals surface area contributed by atoms with E-state index in [0.29, 0.717) is 32.1 Å². The van der Waals surface area contributed by atoms with Crippen molar-refractivity contribution < 1.29 is 19.0 Å². The average Bonchev–Trinajstić information content (AvgIpc) is 2.70. The first kappa shape index (κ1) is 27.9. The van der Waals surface area contributed by atoms with Gasteiger partial charge in [-0.25, -0.2) is 0 Å². The van der Waals surface area contributed by atoms with Gasteiger partial charge < -0.3 is 19.5 Å². The lowest BCUT2D eigenvalue weighted by Gasteiger charge is -2.18. The van der Waals surface area contributed by atoms with Gasteiger partial charge in [-0.1, -0.05) is 6.92 Å². The summed E-state index contributed by atoms with van der Waals surface area (Å²) in [6, 6.07) is 7.64. The number of likely N-dealkylation sites (N-methyl/N-ethyl adjacent to an activating group) is 1. The molecule has 0 aliphatic rings. The van der Waals surface area contributed by atoms with Gasteiger partial charge in [0.05, 0.1) is 26.8 Å². The Morgan fingerprint density at radius 1 is 1.00 bits per heavy atom. The monoisotopic (exact) mass is 895 g/mol. The molecule has 1 unspecified atom stereocenters. The minimum atomic E-state index is -0.369. The van der Waals surface area contributed by atoms with Gasteiger partial charge in [0.15, 0.2) is 5.75 Å². The highest BCUT2D eigenvalue weighted by Crippen LogP contribution is 2.37. The minimum Gasteiger partial charge on any atom is -0.490 e. The average molecular weight is 895 g/mol. The van der Waals surface area contributed by atoms with Crippen molar-refractivity contribution in [3.63, 3.8) is 0 Å². The van der Waals surface area contributed by atoms with Gasteiger partial charge in [0.1, 0.15) is 24.1 Å². The van der Waals surface area contributed by atoms with Crippen molar-refractivity contribution >= 4 is 108 Å². The molecule has 0 bridgehead atoms. The van der Waals surface area contributed by atoms with Gasteiger partial charge >= 0.3 is 5.97 Å². The number of hydrogen-bond acceptors (Lipinski definition) is 5. The third-order valence-electron chi connectivity index (χ3n) is 4.03. The number of carbonyl (C=O) groups is 1. The third kappa shape index (κ3) is 8.44. The van der Waals surface area contributed by atoms with Crippen molar-refractivity contribution in [3.05, 3.63) is 44.1 Å². The maximum Gasteiger partial charge on any atom is 0.323 e. The lowest BCUT2D eigenvalue weighted by atomic mass is 10.1. The number of halogens is 5. The maximum absolute atomic E-state index is 12.2. The summed E-state index contributed by atoms with van der Waals surface area (Å²) in [5.74, 6) is 2.57. The molecule has 1 atom stereocenters. The summed E-state index contributed by atoms with van der Waals surface area (Å²) in [7, 11) is 0. The fraction of sp³-hybridized carbons (Fsp3) is 0.381. The van der Waals surface area contributed by atoms with Gasteiger partial charge in [-0.15, -0.1) is 11.6 Å². The Hall–Kier alpha value is 0.680. The number of esters is 1. The Labute approximate surface area is 242 Å². The first-order valence-corrected chi connectivity index (χ1v) is 14.4. The molecule has 0 heterocycles.